The lowest BCUT2D eigenvalue weighted by Crippen LogP contribution is -2.22. The number of halogens is 2. The zero-order valence-corrected chi connectivity index (χ0v) is 8.42. The Hall–Kier alpha value is -1.92. The van der Waals surface area contributed by atoms with Crippen LogP contribution in [0.25, 0.3) is 0 Å². The van der Waals surface area contributed by atoms with Crippen LogP contribution in [0.3, 0.4) is 0 Å². The lowest BCUT2D eigenvalue weighted by Gasteiger charge is -2.06. The summed E-state index contributed by atoms with van der Waals surface area (Å²) in [5, 5.41) is 0. The minimum atomic E-state index is -2.87. The molecule has 0 saturated carbocycles. The van der Waals surface area contributed by atoms with Gasteiger partial charge in [0.2, 0.25) is 0 Å². The number of carbonyl (C=O) groups is 1. The van der Waals surface area contributed by atoms with Gasteiger partial charge in [-0.15, -0.1) is 0 Å². The maximum absolute atomic E-state index is 12.4. The highest BCUT2D eigenvalue weighted by atomic mass is 19.3. The van der Waals surface area contributed by atoms with Gasteiger partial charge < -0.3 is 15.5 Å². The van der Waals surface area contributed by atoms with Gasteiger partial charge in [-0.05, 0) is 13.0 Å². The molecule has 0 aliphatic rings. The van der Waals surface area contributed by atoms with Crippen LogP contribution in [0.4, 0.5) is 14.6 Å². The van der Waals surface area contributed by atoms with Crippen LogP contribution >= 0.6 is 0 Å². The number of carbonyl (C=O) groups excluding carboxylic acids is 1. The number of rotatable bonds is 3. The van der Waals surface area contributed by atoms with Crippen LogP contribution in [0, 0.1) is 0 Å². The summed E-state index contributed by atoms with van der Waals surface area (Å²) >= 11 is 0. The number of hydrogen-bond donors (Lipinski definition) is 2. The van der Waals surface area contributed by atoms with Crippen LogP contribution in [-0.4, -0.2) is 17.6 Å². The maximum atomic E-state index is 12.4. The number of ether oxygens (including phenoxy) is 1. The summed E-state index contributed by atoms with van der Waals surface area (Å²) in [4.78, 5) is 24.4. The van der Waals surface area contributed by atoms with E-state index >= 15 is 0 Å². The van der Waals surface area contributed by atoms with Crippen LogP contribution in [0.1, 0.15) is 29.3 Å². The third-order valence-corrected chi connectivity index (χ3v) is 1.83. The van der Waals surface area contributed by atoms with Gasteiger partial charge in [-0.3, -0.25) is 4.79 Å². The first kappa shape index (κ1) is 12.2. The van der Waals surface area contributed by atoms with Crippen molar-refractivity contribution in [2.24, 2.45) is 0 Å². The van der Waals surface area contributed by atoms with Crippen LogP contribution < -0.4 is 11.3 Å². The van der Waals surface area contributed by atoms with Gasteiger partial charge in [0, 0.05) is 0 Å². The first-order valence-corrected chi connectivity index (χ1v) is 4.45. The van der Waals surface area contributed by atoms with Crippen molar-refractivity contribution in [1.29, 1.82) is 0 Å². The van der Waals surface area contributed by atoms with Crippen molar-refractivity contribution >= 4 is 11.8 Å². The number of anilines is 1. The molecule has 0 bridgehead atoms. The number of esters is 1. The fraction of sp³-hybridized carbons (Fsp3) is 0.333. The number of nitrogens with one attached hydrogen (secondary N) is 1. The highest BCUT2D eigenvalue weighted by Gasteiger charge is 2.19. The number of nitrogens with two attached hydrogens (primary N) is 1. The van der Waals surface area contributed by atoms with Crippen molar-refractivity contribution in [3.63, 3.8) is 0 Å². The van der Waals surface area contributed by atoms with E-state index in [0.717, 1.165) is 6.07 Å². The fourth-order valence-corrected chi connectivity index (χ4v) is 1.10. The molecular weight excluding hydrogens is 222 g/mol. The monoisotopic (exact) mass is 232 g/mol. The predicted molar refractivity (Wildman–Crippen MR) is 52.4 cm³/mol. The average molecular weight is 232 g/mol. The summed E-state index contributed by atoms with van der Waals surface area (Å²) in [7, 11) is 0. The number of aromatic nitrogens is 1. The highest BCUT2D eigenvalue weighted by molar-refractivity contribution is 5.89. The largest absolute Gasteiger partial charge is 0.462 e. The second-order valence-electron chi connectivity index (χ2n) is 2.90. The predicted octanol–water partition coefficient (Wildman–Crippen LogP) is 1.07. The number of nitrogen functional groups attached to an aromatic ring is 1. The number of pyridine rings is 1. The molecule has 1 aromatic heterocycles. The summed E-state index contributed by atoms with van der Waals surface area (Å²) in [5.74, 6) is -1.40. The summed E-state index contributed by atoms with van der Waals surface area (Å²) in [6.45, 7) is 1.59. The number of H-pyrrole nitrogens is 1. The van der Waals surface area contributed by atoms with Crippen molar-refractivity contribution in [3.05, 3.63) is 27.5 Å². The van der Waals surface area contributed by atoms with E-state index < -0.39 is 34.9 Å². The van der Waals surface area contributed by atoms with Gasteiger partial charge in [0.1, 0.15) is 11.4 Å². The molecule has 0 aliphatic heterocycles. The standard InChI is InChI=1S/C9H10F2N2O3/c1-2-16-9(15)5-3-4(6(10)11)7(12)13-8(5)14/h3,6H,2H2,1H3,(H3,12,13,14). The molecule has 0 aromatic carbocycles. The molecule has 0 unspecified atom stereocenters. The molecule has 3 N–H and O–H groups in total. The van der Waals surface area contributed by atoms with E-state index in [-0.39, 0.29) is 6.61 Å². The lowest BCUT2D eigenvalue weighted by atomic mass is 10.2. The van der Waals surface area contributed by atoms with E-state index in [1.807, 2.05) is 4.98 Å². The summed E-state index contributed by atoms with van der Waals surface area (Å²) < 4.78 is 29.4. The Labute approximate surface area is 89.2 Å². The molecule has 0 saturated heterocycles. The summed E-state index contributed by atoms with van der Waals surface area (Å²) in [6.07, 6.45) is -2.87. The van der Waals surface area contributed by atoms with E-state index in [4.69, 9.17) is 5.73 Å². The van der Waals surface area contributed by atoms with E-state index in [1.165, 1.54) is 6.92 Å². The smallest absolute Gasteiger partial charge is 0.343 e. The highest BCUT2D eigenvalue weighted by Crippen LogP contribution is 2.22. The van der Waals surface area contributed by atoms with Gasteiger partial charge in [-0.2, -0.15) is 0 Å². The van der Waals surface area contributed by atoms with E-state index in [0.29, 0.717) is 0 Å². The van der Waals surface area contributed by atoms with Crippen LogP contribution in [-0.2, 0) is 4.74 Å². The van der Waals surface area contributed by atoms with Crippen molar-refractivity contribution in [2.45, 2.75) is 13.3 Å². The second-order valence-corrected chi connectivity index (χ2v) is 2.90. The van der Waals surface area contributed by atoms with Crippen molar-refractivity contribution < 1.29 is 18.3 Å². The van der Waals surface area contributed by atoms with E-state index in [2.05, 4.69) is 4.74 Å². The number of hydrogen-bond acceptors (Lipinski definition) is 4. The van der Waals surface area contributed by atoms with E-state index in [9.17, 15) is 18.4 Å². The van der Waals surface area contributed by atoms with Gasteiger partial charge in [0.15, 0.2) is 0 Å². The lowest BCUT2D eigenvalue weighted by molar-refractivity contribution is 0.0524. The van der Waals surface area contributed by atoms with Gasteiger partial charge >= 0.3 is 5.97 Å². The third-order valence-electron chi connectivity index (χ3n) is 1.83. The molecule has 1 heterocycles. The molecule has 5 nitrogen and oxygen atoms in total. The Morgan fingerprint density at radius 1 is 1.62 bits per heavy atom. The summed E-state index contributed by atoms with van der Waals surface area (Å²) in [5.41, 5.74) is 3.26. The molecule has 88 valence electrons. The van der Waals surface area contributed by atoms with Crippen LogP contribution in [0.2, 0.25) is 0 Å². The molecule has 0 fully saturated rings. The normalized spacial score (nSPS) is 10.5. The molecule has 1 rings (SSSR count). The van der Waals surface area contributed by atoms with Gasteiger partial charge in [-0.1, -0.05) is 0 Å². The Kier molecular flexibility index (Phi) is 3.60. The van der Waals surface area contributed by atoms with Gasteiger partial charge in [0.05, 0.1) is 12.2 Å². The van der Waals surface area contributed by atoms with Crippen molar-refractivity contribution in [1.82, 2.24) is 4.98 Å². The first-order chi connectivity index (χ1) is 7.47. The Bertz CT molecular complexity index is 457. The average Bonchev–Trinajstić information content (AvgIpc) is 2.17. The third kappa shape index (κ3) is 2.36. The van der Waals surface area contributed by atoms with E-state index in [1.54, 1.807) is 0 Å². The molecule has 0 aliphatic carbocycles. The summed E-state index contributed by atoms with van der Waals surface area (Å²) in [6, 6.07) is 0.747. The molecular formula is C9H10F2N2O3. The Balaban J connectivity index is 3.25. The topological polar surface area (TPSA) is 85.2 Å². The molecule has 0 radical (unpaired) electrons. The molecule has 0 amide bonds. The molecule has 0 atom stereocenters. The van der Waals surface area contributed by atoms with Crippen molar-refractivity contribution in [3.8, 4) is 0 Å². The second kappa shape index (κ2) is 4.73. The maximum Gasteiger partial charge on any atom is 0.343 e. The van der Waals surface area contributed by atoms with Crippen LogP contribution in [0.5, 0.6) is 0 Å². The Morgan fingerprint density at radius 3 is 2.75 bits per heavy atom. The SMILES string of the molecule is CCOC(=O)c1cc(C(F)F)c(N)[nH]c1=O. The zero-order chi connectivity index (χ0) is 12.3. The quantitative estimate of drug-likeness (QED) is 0.763. The number of alkyl halides is 2. The van der Waals surface area contributed by atoms with Gasteiger partial charge in [0.25, 0.3) is 12.0 Å². The Morgan fingerprint density at radius 2 is 2.25 bits per heavy atom. The fourth-order valence-electron chi connectivity index (χ4n) is 1.10. The van der Waals surface area contributed by atoms with Crippen LogP contribution in [0.15, 0.2) is 10.9 Å². The molecule has 1 aromatic rings. The zero-order valence-electron chi connectivity index (χ0n) is 8.42. The number of aromatic amines is 1. The minimum Gasteiger partial charge on any atom is -0.462 e. The minimum absolute atomic E-state index is 0.0483. The molecule has 0 spiro atoms. The molecule has 16 heavy (non-hydrogen) atoms. The van der Waals surface area contributed by atoms with Gasteiger partial charge in [-0.25, -0.2) is 13.6 Å². The molecule has 7 heteroatoms. The van der Waals surface area contributed by atoms with Crippen molar-refractivity contribution in [2.75, 3.05) is 12.3 Å². The first-order valence-electron chi connectivity index (χ1n) is 4.45.